The van der Waals surface area contributed by atoms with Crippen LogP contribution in [-0.4, -0.2) is 23.6 Å². The Bertz CT molecular complexity index is 658. The van der Waals surface area contributed by atoms with Crippen LogP contribution >= 0.6 is 0 Å². The van der Waals surface area contributed by atoms with E-state index in [9.17, 15) is 4.79 Å². The number of carbonyl (C=O) groups is 1. The van der Waals surface area contributed by atoms with Gasteiger partial charge >= 0.3 is 0 Å². The second kappa shape index (κ2) is 8.17. The van der Waals surface area contributed by atoms with Gasteiger partial charge in [0.15, 0.2) is 6.10 Å². The molecule has 0 aliphatic heterocycles. The Kier molecular flexibility index (Phi) is 5.97. The minimum atomic E-state index is -0.580. The van der Waals surface area contributed by atoms with Crippen molar-refractivity contribution in [3.8, 4) is 11.6 Å². The highest BCUT2D eigenvalue weighted by Gasteiger charge is 2.15. The zero-order chi connectivity index (χ0) is 16.7. The van der Waals surface area contributed by atoms with E-state index in [1.54, 1.807) is 13.1 Å². The molecular formula is C18H22N2O3. The molecule has 0 aliphatic carbocycles. The van der Waals surface area contributed by atoms with Crippen molar-refractivity contribution in [2.75, 3.05) is 6.61 Å². The zero-order valence-corrected chi connectivity index (χ0v) is 13.7. The van der Waals surface area contributed by atoms with Crippen LogP contribution in [0.25, 0.3) is 0 Å². The minimum absolute atomic E-state index is 0.183. The van der Waals surface area contributed by atoms with E-state index < -0.39 is 6.10 Å². The molecule has 1 amide bonds. The number of aromatic nitrogens is 1. The Morgan fingerprint density at radius 3 is 2.87 bits per heavy atom. The number of nitrogens with zero attached hydrogens (tertiary/aromatic N) is 1. The van der Waals surface area contributed by atoms with Gasteiger partial charge in [-0.1, -0.05) is 18.2 Å². The van der Waals surface area contributed by atoms with Gasteiger partial charge in [-0.25, -0.2) is 4.98 Å². The number of hydrogen-bond acceptors (Lipinski definition) is 4. The molecule has 1 unspecified atom stereocenters. The maximum atomic E-state index is 12.2. The van der Waals surface area contributed by atoms with Crippen molar-refractivity contribution in [3.63, 3.8) is 0 Å². The molecule has 0 spiro atoms. The molecule has 1 N–H and O–H groups in total. The number of rotatable bonds is 7. The van der Waals surface area contributed by atoms with Crippen molar-refractivity contribution >= 4 is 5.91 Å². The summed E-state index contributed by atoms with van der Waals surface area (Å²) >= 11 is 0. The molecule has 0 radical (unpaired) electrons. The van der Waals surface area contributed by atoms with Crippen LogP contribution < -0.4 is 14.8 Å². The molecule has 122 valence electrons. The summed E-state index contributed by atoms with van der Waals surface area (Å²) in [4.78, 5) is 16.3. The second-order valence-electron chi connectivity index (χ2n) is 5.20. The number of hydrogen-bond donors (Lipinski definition) is 1. The first-order valence-corrected chi connectivity index (χ1v) is 7.68. The molecule has 2 aromatic rings. The van der Waals surface area contributed by atoms with Gasteiger partial charge in [-0.15, -0.1) is 0 Å². The van der Waals surface area contributed by atoms with Crippen molar-refractivity contribution in [2.45, 2.75) is 33.4 Å². The molecule has 1 heterocycles. The van der Waals surface area contributed by atoms with Crippen molar-refractivity contribution in [2.24, 2.45) is 0 Å². The maximum absolute atomic E-state index is 12.2. The number of pyridine rings is 1. The van der Waals surface area contributed by atoms with E-state index in [2.05, 4.69) is 10.3 Å². The predicted molar refractivity (Wildman–Crippen MR) is 88.5 cm³/mol. The van der Waals surface area contributed by atoms with Gasteiger partial charge in [-0.3, -0.25) is 4.79 Å². The van der Waals surface area contributed by atoms with E-state index in [1.165, 1.54) is 0 Å². The summed E-state index contributed by atoms with van der Waals surface area (Å²) in [5.41, 5.74) is 1.93. The Morgan fingerprint density at radius 2 is 2.13 bits per heavy atom. The molecule has 1 aromatic heterocycles. The zero-order valence-electron chi connectivity index (χ0n) is 13.7. The summed E-state index contributed by atoms with van der Waals surface area (Å²) < 4.78 is 11.1. The van der Waals surface area contributed by atoms with Crippen LogP contribution in [0.3, 0.4) is 0 Å². The van der Waals surface area contributed by atoms with Crippen LogP contribution in [0.5, 0.6) is 11.6 Å². The van der Waals surface area contributed by atoms with Gasteiger partial charge in [0.05, 0.1) is 6.61 Å². The molecule has 1 aromatic carbocycles. The minimum Gasteiger partial charge on any atom is -0.481 e. The van der Waals surface area contributed by atoms with Gasteiger partial charge in [0, 0.05) is 18.3 Å². The summed E-state index contributed by atoms with van der Waals surface area (Å²) in [6.07, 6.45) is 1.09. The van der Waals surface area contributed by atoms with E-state index in [-0.39, 0.29) is 5.91 Å². The van der Waals surface area contributed by atoms with Crippen LogP contribution in [0, 0.1) is 6.92 Å². The van der Waals surface area contributed by atoms with Gasteiger partial charge in [-0.2, -0.15) is 0 Å². The fourth-order valence-corrected chi connectivity index (χ4v) is 2.10. The van der Waals surface area contributed by atoms with Gasteiger partial charge in [0.1, 0.15) is 5.75 Å². The van der Waals surface area contributed by atoms with Crippen molar-refractivity contribution in [3.05, 3.63) is 53.7 Å². The molecule has 0 saturated carbocycles. The molecular weight excluding hydrogens is 292 g/mol. The normalized spacial score (nSPS) is 11.6. The highest BCUT2D eigenvalue weighted by molar-refractivity contribution is 5.80. The van der Waals surface area contributed by atoms with Crippen LogP contribution in [0.1, 0.15) is 25.0 Å². The third kappa shape index (κ3) is 4.98. The molecule has 0 saturated heterocycles. The lowest BCUT2D eigenvalue weighted by molar-refractivity contribution is -0.127. The van der Waals surface area contributed by atoms with Crippen molar-refractivity contribution < 1.29 is 14.3 Å². The molecule has 5 nitrogen and oxygen atoms in total. The third-order valence-corrected chi connectivity index (χ3v) is 3.26. The topological polar surface area (TPSA) is 60.5 Å². The molecule has 2 rings (SSSR count). The number of nitrogens with one attached hydrogen (secondary N) is 1. The summed E-state index contributed by atoms with van der Waals surface area (Å²) in [7, 11) is 0. The lowest BCUT2D eigenvalue weighted by Gasteiger charge is -2.15. The first-order valence-electron chi connectivity index (χ1n) is 7.68. The van der Waals surface area contributed by atoms with E-state index in [0.29, 0.717) is 24.8 Å². The molecule has 0 bridgehead atoms. The van der Waals surface area contributed by atoms with Gasteiger partial charge in [-0.05, 0) is 44.5 Å². The lowest BCUT2D eigenvalue weighted by atomic mass is 10.2. The summed E-state index contributed by atoms with van der Waals surface area (Å²) in [6, 6.07) is 11.3. The average Bonchev–Trinajstić information content (AvgIpc) is 2.54. The molecule has 5 heteroatoms. The predicted octanol–water partition coefficient (Wildman–Crippen LogP) is 2.87. The SMILES string of the molecule is CCOc1ncccc1CNC(=O)C(C)Oc1cccc(C)c1. The lowest BCUT2D eigenvalue weighted by Crippen LogP contribution is -2.36. The molecule has 1 atom stereocenters. The summed E-state index contributed by atoms with van der Waals surface area (Å²) in [5, 5.41) is 2.85. The third-order valence-electron chi connectivity index (χ3n) is 3.26. The van der Waals surface area contributed by atoms with Gasteiger partial charge < -0.3 is 14.8 Å². The monoisotopic (exact) mass is 314 g/mol. The summed E-state index contributed by atoms with van der Waals surface area (Å²) in [6.45, 7) is 6.49. The summed E-state index contributed by atoms with van der Waals surface area (Å²) in [5.74, 6) is 1.05. The first kappa shape index (κ1) is 16.8. The smallest absolute Gasteiger partial charge is 0.261 e. The highest BCUT2D eigenvalue weighted by Crippen LogP contribution is 2.15. The highest BCUT2D eigenvalue weighted by atomic mass is 16.5. The number of carbonyl (C=O) groups excluding carboxylic acids is 1. The van der Waals surface area contributed by atoms with Crippen LogP contribution in [0.4, 0.5) is 0 Å². The van der Waals surface area contributed by atoms with Gasteiger partial charge in [0.2, 0.25) is 5.88 Å². The average molecular weight is 314 g/mol. The number of amides is 1. The second-order valence-corrected chi connectivity index (χ2v) is 5.20. The maximum Gasteiger partial charge on any atom is 0.261 e. The molecule has 23 heavy (non-hydrogen) atoms. The number of aryl methyl sites for hydroxylation is 1. The fourth-order valence-electron chi connectivity index (χ4n) is 2.10. The first-order chi connectivity index (χ1) is 11.1. The molecule has 0 fully saturated rings. The Hall–Kier alpha value is -2.56. The number of benzene rings is 1. The number of ether oxygens (including phenoxy) is 2. The van der Waals surface area contributed by atoms with E-state index in [1.807, 2.05) is 50.2 Å². The largest absolute Gasteiger partial charge is 0.481 e. The Morgan fingerprint density at radius 1 is 1.30 bits per heavy atom. The van der Waals surface area contributed by atoms with Crippen LogP contribution in [0.2, 0.25) is 0 Å². The van der Waals surface area contributed by atoms with Crippen LogP contribution in [-0.2, 0) is 11.3 Å². The standard InChI is InChI=1S/C18H22N2O3/c1-4-22-18-15(8-6-10-19-18)12-20-17(21)14(3)23-16-9-5-7-13(2)11-16/h5-11,14H,4,12H2,1-3H3,(H,20,21). The quantitative estimate of drug-likeness (QED) is 0.853. The van der Waals surface area contributed by atoms with E-state index in [4.69, 9.17) is 9.47 Å². The Balaban J connectivity index is 1.91. The van der Waals surface area contributed by atoms with Crippen molar-refractivity contribution in [1.29, 1.82) is 0 Å². The van der Waals surface area contributed by atoms with Gasteiger partial charge in [0.25, 0.3) is 5.91 Å². The van der Waals surface area contributed by atoms with Crippen LogP contribution in [0.15, 0.2) is 42.6 Å². The van der Waals surface area contributed by atoms with E-state index in [0.717, 1.165) is 11.1 Å². The fraction of sp³-hybridized carbons (Fsp3) is 0.333. The van der Waals surface area contributed by atoms with Crippen molar-refractivity contribution in [1.82, 2.24) is 10.3 Å². The van der Waals surface area contributed by atoms with E-state index >= 15 is 0 Å². The molecule has 0 aliphatic rings. The Labute approximate surface area is 136 Å².